The monoisotopic (exact) mass is 302 g/mol. The molecule has 0 bridgehead atoms. The van der Waals surface area contributed by atoms with Crippen molar-refractivity contribution in [1.82, 2.24) is 5.32 Å². The lowest BCUT2D eigenvalue weighted by atomic mass is 10.1. The Morgan fingerprint density at radius 2 is 2.25 bits per heavy atom. The van der Waals surface area contributed by atoms with Gasteiger partial charge in [0.15, 0.2) is 0 Å². The van der Waals surface area contributed by atoms with Crippen molar-refractivity contribution < 1.29 is 23.5 Å². The third-order valence-electron chi connectivity index (χ3n) is 2.64. The Hall–Kier alpha value is -1.67. The molecule has 0 aliphatic carbocycles. The van der Waals surface area contributed by atoms with Crippen LogP contribution in [0.2, 0.25) is 0 Å². The van der Waals surface area contributed by atoms with Crippen molar-refractivity contribution in [3.8, 4) is 0 Å². The zero-order valence-corrected chi connectivity index (χ0v) is 11.0. The maximum Gasteiger partial charge on any atom is 0.265 e. The van der Waals surface area contributed by atoms with Gasteiger partial charge in [-0.2, -0.15) is 0 Å². The van der Waals surface area contributed by atoms with Gasteiger partial charge in [0.25, 0.3) is 12.3 Å². The number of hydrogen-bond acceptors (Lipinski definition) is 4. The smallest absolute Gasteiger partial charge is 0.265 e. The molecule has 1 aromatic rings. The molecule has 1 aromatic carbocycles. The predicted molar refractivity (Wildman–Crippen MR) is 70.1 cm³/mol. The van der Waals surface area contributed by atoms with Gasteiger partial charge in [0.1, 0.15) is 6.10 Å². The van der Waals surface area contributed by atoms with E-state index in [1.807, 2.05) is 0 Å². The summed E-state index contributed by atoms with van der Waals surface area (Å²) in [7, 11) is 0. The normalized spacial score (nSPS) is 15.5. The minimum Gasteiger partial charge on any atom is -0.385 e. The maximum atomic E-state index is 12.1. The molecule has 0 fully saturated rings. The second kappa shape index (κ2) is 6.19. The Kier molecular flexibility index (Phi) is 4.56. The van der Waals surface area contributed by atoms with Crippen molar-refractivity contribution in [1.29, 1.82) is 0 Å². The number of alkyl halides is 2. The molecule has 0 saturated carbocycles. The van der Waals surface area contributed by atoms with Crippen LogP contribution in [0.5, 0.6) is 0 Å². The van der Waals surface area contributed by atoms with E-state index in [0.29, 0.717) is 11.4 Å². The number of aliphatic hydroxyl groups is 1. The molecule has 0 saturated heterocycles. The number of carbonyl (C=O) groups is 2. The van der Waals surface area contributed by atoms with E-state index >= 15 is 0 Å². The highest BCUT2D eigenvalue weighted by atomic mass is 32.2. The molecule has 1 unspecified atom stereocenters. The number of fused-ring (bicyclic) bond motifs is 1. The number of rotatable bonds is 4. The second-order valence-corrected chi connectivity index (χ2v) is 5.18. The fraction of sp³-hybridized carbons (Fsp3) is 0.333. The number of aliphatic hydroxyl groups excluding tert-OH is 1. The number of thioether (sulfide) groups is 1. The summed E-state index contributed by atoms with van der Waals surface area (Å²) in [4.78, 5) is 23.8. The largest absolute Gasteiger partial charge is 0.385 e. The molecule has 1 aliphatic rings. The first-order chi connectivity index (χ1) is 9.47. The van der Waals surface area contributed by atoms with Gasteiger partial charge in [-0.15, -0.1) is 11.8 Å². The van der Waals surface area contributed by atoms with E-state index in [0.717, 1.165) is 4.90 Å². The molecule has 108 valence electrons. The first-order valence-electron chi connectivity index (χ1n) is 5.78. The Bertz CT molecular complexity index is 539. The van der Waals surface area contributed by atoms with Gasteiger partial charge in [-0.25, -0.2) is 8.78 Å². The van der Waals surface area contributed by atoms with Crippen molar-refractivity contribution in [2.75, 3.05) is 17.6 Å². The first kappa shape index (κ1) is 14.7. The highest BCUT2D eigenvalue weighted by Gasteiger charge is 2.20. The molecule has 2 rings (SSSR count). The Labute approximate surface area is 117 Å². The topological polar surface area (TPSA) is 78.4 Å². The van der Waals surface area contributed by atoms with Crippen LogP contribution in [0.25, 0.3) is 0 Å². The third kappa shape index (κ3) is 3.45. The summed E-state index contributed by atoms with van der Waals surface area (Å²) in [6, 6.07) is 4.69. The van der Waals surface area contributed by atoms with Crippen LogP contribution in [0.15, 0.2) is 23.1 Å². The first-order valence-corrected chi connectivity index (χ1v) is 6.77. The van der Waals surface area contributed by atoms with Crippen molar-refractivity contribution in [3.63, 3.8) is 0 Å². The number of hydrogen-bond donors (Lipinski definition) is 3. The molecular weight excluding hydrogens is 290 g/mol. The molecule has 5 nitrogen and oxygen atoms in total. The number of halogens is 2. The molecular formula is C12H12F2N2O3S. The lowest BCUT2D eigenvalue weighted by Gasteiger charge is -2.17. The molecule has 8 heteroatoms. The van der Waals surface area contributed by atoms with E-state index in [1.165, 1.54) is 23.9 Å². The average molecular weight is 302 g/mol. The number of benzene rings is 1. The van der Waals surface area contributed by atoms with Crippen LogP contribution in [0, 0.1) is 0 Å². The highest BCUT2D eigenvalue weighted by molar-refractivity contribution is 8.00. The Balaban J connectivity index is 2.04. The highest BCUT2D eigenvalue weighted by Crippen LogP contribution is 2.31. The van der Waals surface area contributed by atoms with Crippen LogP contribution in [0.3, 0.4) is 0 Å². The van der Waals surface area contributed by atoms with E-state index < -0.39 is 25.0 Å². The van der Waals surface area contributed by atoms with Crippen molar-refractivity contribution in [2.24, 2.45) is 0 Å². The number of anilines is 1. The van der Waals surface area contributed by atoms with Gasteiger partial charge in [0.05, 0.1) is 11.4 Å². The maximum absolute atomic E-state index is 12.1. The summed E-state index contributed by atoms with van der Waals surface area (Å²) >= 11 is 1.36. The lowest BCUT2D eigenvalue weighted by molar-refractivity contribution is -0.113. The van der Waals surface area contributed by atoms with Gasteiger partial charge in [-0.3, -0.25) is 9.59 Å². The summed E-state index contributed by atoms with van der Waals surface area (Å²) in [5.74, 6) is -0.426. The van der Waals surface area contributed by atoms with Gasteiger partial charge in [0, 0.05) is 17.0 Å². The minimum absolute atomic E-state index is 0.159. The lowest BCUT2D eigenvalue weighted by Crippen LogP contribution is -2.35. The molecule has 20 heavy (non-hydrogen) atoms. The SMILES string of the molecule is O=C1CSc2ccc(C(=O)NCC(O)C(F)F)cc2N1. The van der Waals surface area contributed by atoms with E-state index in [1.54, 1.807) is 6.07 Å². The van der Waals surface area contributed by atoms with E-state index in [4.69, 9.17) is 5.11 Å². The fourth-order valence-corrected chi connectivity index (χ4v) is 2.40. The average Bonchev–Trinajstić information content (AvgIpc) is 2.43. The van der Waals surface area contributed by atoms with Crippen LogP contribution in [-0.4, -0.2) is 41.7 Å². The van der Waals surface area contributed by atoms with Gasteiger partial charge in [-0.05, 0) is 18.2 Å². The predicted octanol–water partition coefficient (Wildman–Crippen LogP) is 1.09. The van der Waals surface area contributed by atoms with Gasteiger partial charge in [-0.1, -0.05) is 0 Å². The molecule has 2 amide bonds. The molecule has 0 spiro atoms. The molecule has 0 radical (unpaired) electrons. The van der Waals surface area contributed by atoms with Crippen LogP contribution in [-0.2, 0) is 4.79 Å². The van der Waals surface area contributed by atoms with Crippen LogP contribution in [0.4, 0.5) is 14.5 Å². The third-order valence-corrected chi connectivity index (χ3v) is 3.71. The molecule has 1 atom stereocenters. The number of carbonyl (C=O) groups excluding carboxylic acids is 2. The van der Waals surface area contributed by atoms with Crippen molar-refractivity contribution in [3.05, 3.63) is 23.8 Å². The minimum atomic E-state index is -2.91. The number of amides is 2. The van der Waals surface area contributed by atoms with Crippen molar-refractivity contribution >= 4 is 29.3 Å². The van der Waals surface area contributed by atoms with Gasteiger partial charge >= 0.3 is 0 Å². The summed E-state index contributed by atoms with van der Waals surface area (Å²) in [5, 5.41) is 13.8. The van der Waals surface area contributed by atoms with E-state index in [9.17, 15) is 18.4 Å². The zero-order chi connectivity index (χ0) is 14.7. The summed E-state index contributed by atoms with van der Waals surface area (Å²) < 4.78 is 24.2. The molecule has 1 heterocycles. The standard InChI is InChI=1S/C12H12F2N2O3S/c13-11(14)8(17)4-15-12(19)6-1-2-9-7(3-6)16-10(18)5-20-9/h1-3,8,11,17H,4-5H2,(H,15,19)(H,16,18). The van der Waals surface area contributed by atoms with Crippen LogP contribution < -0.4 is 10.6 Å². The van der Waals surface area contributed by atoms with Crippen LogP contribution >= 0.6 is 11.8 Å². The fourth-order valence-electron chi connectivity index (χ4n) is 1.61. The molecule has 1 aliphatic heterocycles. The quantitative estimate of drug-likeness (QED) is 0.778. The molecule has 0 aromatic heterocycles. The number of nitrogens with one attached hydrogen (secondary N) is 2. The molecule has 3 N–H and O–H groups in total. The Morgan fingerprint density at radius 3 is 2.95 bits per heavy atom. The zero-order valence-electron chi connectivity index (χ0n) is 10.2. The van der Waals surface area contributed by atoms with E-state index in [2.05, 4.69) is 10.6 Å². The second-order valence-electron chi connectivity index (χ2n) is 4.16. The van der Waals surface area contributed by atoms with Gasteiger partial charge in [0.2, 0.25) is 5.91 Å². The van der Waals surface area contributed by atoms with Crippen LogP contribution in [0.1, 0.15) is 10.4 Å². The van der Waals surface area contributed by atoms with Crippen molar-refractivity contribution in [2.45, 2.75) is 17.4 Å². The summed E-state index contributed by atoms with van der Waals surface area (Å²) in [6.45, 7) is -0.533. The van der Waals surface area contributed by atoms with E-state index in [-0.39, 0.29) is 11.5 Å². The summed E-state index contributed by atoms with van der Waals surface area (Å²) in [6.07, 6.45) is -4.80. The van der Waals surface area contributed by atoms with Gasteiger partial charge < -0.3 is 15.7 Å². The Morgan fingerprint density at radius 1 is 1.50 bits per heavy atom. The summed E-state index contributed by atoms with van der Waals surface area (Å²) in [5.41, 5.74) is 0.751.